The molecule has 5 heteroatoms. The van der Waals surface area contributed by atoms with Crippen molar-refractivity contribution < 1.29 is 4.42 Å². The smallest absolute Gasteiger partial charge is 0.143 e. The van der Waals surface area contributed by atoms with Gasteiger partial charge in [-0.3, -0.25) is 4.68 Å². The quantitative estimate of drug-likeness (QED) is 0.140. The number of amidine groups is 1. The summed E-state index contributed by atoms with van der Waals surface area (Å²) in [7, 11) is 0. The zero-order chi connectivity index (χ0) is 32.7. The minimum Gasteiger partial charge on any atom is -0.482 e. The Morgan fingerprint density at radius 2 is 1.22 bits per heavy atom. The van der Waals surface area contributed by atoms with E-state index in [1.165, 1.54) is 0 Å². The average molecular weight is 632 g/mol. The molecule has 2 aromatic heterocycles. The van der Waals surface area contributed by atoms with Crippen molar-refractivity contribution in [2.45, 2.75) is 6.17 Å². The van der Waals surface area contributed by atoms with Crippen LogP contribution in [-0.2, 0) is 0 Å². The van der Waals surface area contributed by atoms with Crippen LogP contribution in [-0.4, -0.2) is 10.5 Å². The number of hydrogen-bond donors (Lipinski definition) is 1. The number of aromatic nitrogens is 1. The van der Waals surface area contributed by atoms with Crippen LogP contribution in [0.4, 0.5) is 0 Å². The lowest BCUT2D eigenvalue weighted by Gasteiger charge is -2.26. The molecular formula is C44H31N4O-. The van der Waals surface area contributed by atoms with E-state index in [1.807, 2.05) is 72.8 Å². The SMILES string of the molecule is [NH-]/C(=N\C(Nn1c2ccccc2c2ccc(-c3cccc4c3oc3ccccc34)cc21)c1ccccc1)c1cccc(-c2ccccc2)c1. The molecule has 0 fully saturated rings. The molecule has 0 saturated heterocycles. The predicted octanol–water partition coefficient (Wildman–Crippen LogP) is 11.8. The number of aliphatic imine (C=N–C) groups is 1. The second kappa shape index (κ2) is 11.9. The molecule has 0 aliphatic carbocycles. The van der Waals surface area contributed by atoms with Crippen molar-refractivity contribution in [1.82, 2.24) is 4.68 Å². The van der Waals surface area contributed by atoms with Gasteiger partial charge in [-0.15, -0.1) is 0 Å². The summed E-state index contributed by atoms with van der Waals surface area (Å²) < 4.78 is 8.55. The summed E-state index contributed by atoms with van der Waals surface area (Å²) in [5.41, 5.74) is 22.7. The van der Waals surface area contributed by atoms with Crippen molar-refractivity contribution in [2.24, 2.45) is 4.99 Å². The third-order valence-electron chi connectivity index (χ3n) is 9.26. The number of nitrogens with one attached hydrogen (secondary N) is 2. The number of hydrogen-bond acceptors (Lipinski definition) is 3. The summed E-state index contributed by atoms with van der Waals surface area (Å²) in [5, 5.41) is 4.47. The van der Waals surface area contributed by atoms with Gasteiger partial charge in [-0.1, -0.05) is 151 Å². The van der Waals surface area contributed by atoms with Gasteiger partial charge in [0.2, 0.25) is 0 Å². The molecule has 0 amide bonds. The fourth-order valence-electron chi connectivity index (χ4n) is 6.87. The third kappa shape index (κ3) is 5.09. The van der Waals surface area contributed by atoms with Crippen LogP contribution < -0.4 is 5.43 Å². The maximum atomic E-state index is 9.17. The molecule has 7 aromatic carbocycles. The normalized spacial score (nSPS) is 12.6. The summed E-state index contributed by atoms with van der Waals surface area (Å²) in [4.78, 5) is 5.02. The van der Waals surface area contributed by atoms with Gasteiger partial charge in [-0.2, -0.15) is 0 Å². The number of benzene rings is 7. The molecule has 9 rings (SSSR count). The minimum absolute atomic E-state index is 0.206. The summed E-state index contributed by atoms with van der Waals surface area (Å²) in [6.07, 6.45) is -0.532. The summed E-state index contributed by atoms with van der Waals surface area (Å²) in [5.74, 6) is 0.206. The van der Waals surface area contributed by atoms with E-state index in [9.17, 15) is 0 Å². The van der Waals surface area contributed by atoms with Gasteiger partial charge in [-0.05, 0) is 52.1 Å². The molecule has 5 nitrogen and oxygen atoms in total. The second-order valence-electron chi connectivity index (χ2n) is 12.2. The molecule has 9 aromatic rings. The Bertz CT molecular complexity index is 2650. The lowest BCUT2D eigenvalue weighted by molar-refractivity contribution is 0.670. The first-order valence-electron chi connectivity index (χ1n) is 16.4. The number of para-hydroxylation sites is 3. The minimum atomic E-state index is -0.532. The molecule has 2 N–H and O–H groups in total. The molecule has 1 atom stereocenters. The summed E-state index contributed by atoms with van der Waals surface area (Å²) >= 11 is 0. The van der Waals surface area contributed by atoms with Crippen LogP contribution in [0.5, 0.6) is 0 Å². The van der Waals surface area contributed by atoms with Gasteiger partial charge in [0.25, 0.3) is 0 Å². The Morgan fingerprint density at radius 3 is 2.08 bits per heavy atom. The first-order valence-corrected chi connectivity index (χ1v) is 16.4. The van der Waals surface area contributed by atoms with Crippen molar-refractivity contribution in [3.63, 3.8) is 0 Å². The molecule has 0 saturated carbocycles. The molecule has 234 valence electrons. The van der Waals surface area contributed by atoms with Crippen LogP contribution in [0.1, 0.15) is 17.3 Å². The average Bonchev–Trinajstić information content (AvgIpc) is 3.70. The highest BCUT2D eigenvalue weighted by Crippen LogP contribution is 2.38. The van der Waals surface area contributed by atoms with E-state index in [0.717, 1.165) is 77.1 Å². The molecule has 0 radical (unpaired) electrons. The van der Waals surface area contributed by atoms with Crippen LogP contribution in [0, 0.1) is 0 Å². The lowest BCUT2D eigenvalue weighted by atomic mass is 10.0. The van der Waals surface area contributed by atoms with Gasteiger partial charge < -0.3 is 20.6 Å². The van der Waals surface area contributed by atoms with Crippen LogP contribution in [0.15, 0.2) is 179 Å². The standard InChI is InChI=1S/C44H31N4O/c45-43(33-18-11-17-31(27-33)29-13-3-1-4-14-29)46-44(30-15-5-2-6-16-30)47-48-39-23-9-7-19-35(39)36-26-25-32(28-40(36)48)34-21-12-22-38-37-20-8-10-24-41(37)49-42(34)38/h1-28,44,47H,(H-,45,46)/q-1. The van der Waals surface area contributed by atoms with Gasteiger partial charge >= 0.3 is 0 Å². The molecular weight excluding hydrogens is 601 g/mol. The van der Waals surface area contributed by atoms with Crippen molar-refractivity contribution in [2.75, 3.05) is 5.43 Å². The van der Waals surface area contributed by atoms with Crippen LogP contribution in [0.2, 0.25) is 0 Å². The van der Waals surface area contributed by atoms with E-state index in [1.54, 1.807) is 0 Å². The van der Waals surface area contributed by atoms with E-state index in [0.29, 0.717) is 0 Å². The third-order valence-corrected chi connectivity index (χ3v) is 9.26. The Morgan fingerprint density at radius 1 is 0.551 bits per heavy atom. The van der Waals surface area contributed by atoms with Crippen molar-refractivity contribution >= 4 is 49.6 Å². The van der Waals surface area contributed by atoms with Gasteiger partial charge in [0.1, 0.15) is 11.2 Å². The highest BCUT2D eigenvalue weighted by atomic mass is 16.3. The summed E-state index contributed by atoms with van der Waals surface area (Å²) in [6, 6.07) is 57.9. The van der Waals surface area contributed by atoms with E-state index < -0.39 is 6.17 Å². The second-order valence-corrected chi connectivity index (χ2v) is 12.2. The van der Waals surface area contributed by atoms with Crippen molar-refractivity contribution in [1.29, 1.82) is 0 Å². The Kier molecular flexibility index (Phi) is 6.95. The number of furan rings is 1. The van der Waals surface area contributed by atoms with Crippen LogP contribution in [0.25, 0.3) is 71.7 Å². The van der Waals surface area contributed by atoms with E-state index in [-0.39, 0.29) is 5.84 Å². The van der Waals surface area contributed by atoms with Crippen LogP contribution in [0.3, 0.4) is 0 Å². The van der Waals surface area contributed by atoms with Crippen LogP contribution >= 0.6 is 0 Å². The van der Waals surface area contributed by atoms with E-state index >= 15 is 0 Å². The maximum Gasteiger partial charge on any atom is 0.143 e. The number of fused-ring (bicyclic) bond motifs is 6. The van der Waals surface area contributed by atoms with Crippen molar-refractivity contribution in [3.8, 4) is 22.3 Å². The van der Waals surface area contributed by atoms with Gasteiger partial charge in [0.15, 0.2) is 0 Å². The van der Waals surface area contributed by atoms with Gasteiger partial charge in [0.05, 0.1) is 17.2 Å². The first-order chi connectivity index (χ1) is 24.2. The molecule has 0 aliphatic heterocycles. The Balaban J connectivity index is 1.18. The first kappa shape index (κ1) is 28.6. The molecule has 2 heterocycles. The molecule has 0 bridgehead atoms. The maximum absolute atomic E-state index is 9.17. The molecule has 49 heavy (non-hydrogen) atoms. The van der Waals surface area contributed by atoms with Gasteiger partial charge in [0, 0.05) is 27.1 Å². The largest absolute Gasteiger partial charge is 0.482 e. The fourth-order valence-corrected chi connectivity index (χ4v) is 6.87. The number of rotatable bonds is 7. The molecule has 1 unspecified atom stereocenters. The fraction of sp³-hybridized carbons (Fsp3) is 0.0227. The molecule has 0 spiro atoms. The predicted molar refractivity (Wildman–Crippen MR) is 203 cm³/mol. The zero-order valence-electron chi connectivity index (χ0n) is 26.5. The van der Waals surface area contributed by atoms with E-state index in [4.69, 9.17) is 15.1 Å². The Hall–Kier alpha value is -6.59. The Labute approximate surface area is 283 Å². The summed E-state index contributed by atoms with van der Waals surface area (Å²) in [6.45, 7) is 0. The zero-order valence-corrected chi connectivity index (χ0v) is 26.5. The highest BCUT2D eigenvalue weighted by Gasteiger charge is 2.17. The molecule has 0 aliphatic rings. The topological polar surface area (TPSA) is 66.3 Å². The van der Waals surface area contributed by atoms with E-state index in [2.05, 4.69) is 107 Å². The lowest BCUT2D eigenvalue weighted by Crippen LogP contribution is -2.20. The number of nitrogens with zero attached hydrogens (tertiary/aromatic N) is 2. The van der Waals surface area contributed by atoms with Crippen molar-refractivity contribution in [3.05, 3.63) is 187 Å². The highest BCUT2D eigenvalue weighted by molar-refractivity contribution is 6.12. The monoisotopic (exact) mass is 631 g/mol. The van der Waals surface area contributed by atoms with Gasteiger partial charge in [-0.25, -0.2) is 0 Å².